The molecule has 3 nitrogen and oxygen atoms in total. The van der Waals surface area contributed by atoms with E-state index in [1.807, 2.05) is 0 Å². The molecule has 1 aliphatic carbocycles. The second-order valence-corrected chi connectivity index (χ2v) is 8.48. The molecule has 10 heteroatoms. The summed E-state index contributed by atoms with van der Waals surface area (Å²) in [5.74, 6) is -0.556. The lowest BCUT2D eigenvalue weighted by molar-refractivity contribution is -0.138. The molecule has 0 spiro atoms. The lowest BCUT2D eigenvalue weighted by Gasteiger charge is -2.37. The van der Waals surface area contributed by atoms with Gasteiger partial charge in [0.2, 0.25) is 5.91 Å². The molecule has 1 heterocycles. The molecule has 4 rings (SSSR count). The van der Waals surface area contributed by atoms with Gasteiger partial charge in [-0.25, -0.2) is 0 Å². The van der Waals surface area contributed by atoms with Crippen LogP contribution in [0.25, 0.3) is 0 Å². The van der Waals surface area contributed by atoms with Crippen molar-refractivity contribution in [3.05, 3.63) is 64.2 Å². The molecule has 2 fully saturated rings. The van der Waals surface area contributed by atoms with Gasteiger partial charge in [0.25, 0.3) is 0 Å². The number of rotatable bonds is 3. The van der Waals surface area contributed by atoms with Gasteiger partial charge in [-0.1, -0.05) is 23.7 Å². The van der Waals surface area contributed by atoms with Gasteiger partial charge in [-0.2, -0.15) is 26.3 Å². The number of nitrogens with zero attached hydrogens (tertiary/aromatic N) is 2. The number of carbonyl (C=O) groups excluding carboxylic acids is 1. The zero-order valence-corrected chi connectivity index (χ0v) is 17.4. The van der Waals surface area contributed by atoms with Gasteiger partial charge in [-0.3, -0.25) is 4.79 Å². The van der Waals surface area contributed by atoms with Gasteiger partial charge < -0.3 is 9.80 Å². The molecule has 1 saturated carbocycles. The molecule has 2 aromatic rings. The van der Waals surface area contributed by atoms with Gasteiger partial charge in [0.1, 0.15) is 0 Å². The van der Waals surface area contributed by atoms with Crippen LogP contribution in [0.5, 0.6) is 0 Å². The number of alkyl halides is 6. The first-order valence-electron chi connectivity index (χ1n) is 10.0. The van der Waals surface area contributed by atoms with Crippen LogP contribution in [0.1, 0.15) is 29.0 Å². The smallest absolute Gasteiger partial charge is 0.367 e. The Labute approximate surface area is 185 Å². The van der Waals surface area contributed by atoms with E-state index < -0.39 is 23.5 Å². The minimum absolute atomic E-state index is 0.00819. The van der Waals surface area contributed by atoms with Gasteiger partial charge in [0.15, 0.2) is 0 Å². The largest absolute Gasteiger partial charge is 0.418 e. The third-order valence-corrected chi connectivity index (χ3v) is 6.21. The molecule has 32 heavy (non-hydrogen) atoms. The highest BCUT2D eigenvalue weighted by Gasteiger charge is 2.46. The molecule has 1 amide bonds. The highest BCUT2D eigenvalue weighted by atomic mass is 35.5. The maximum Gasteiger partial charge on any atom is 0.418 e. The van der Waals surface area contributed by atoms with E-state index in [2.05, 4.69) is 0 Å². The predicted molar refractivity (Wildman–Crippen MR) is 108 cm³/mol. The van der Waals surface area contributed by atoms with Crippen molar-refractivity contribution < 1.29 is 31.1 Å². The zero-order valence-electron chi connectivity index (χ0n) is 16.7. The molecule has 2 atom stereocenters. The zero-order chi connectivity index (χ0) is 23.3. The fourth-order valence-electron chi connectivity index (χ4n) is 4.16. The van der Waals surface area contributed by atoms with E-state index in [9.17, 15) is 31.1 Å². The lowest BCUT2D eigenvalue weighted by atomic mass is 10.1. The summed E-state index contributed by atoms with van der Waals surface area (Å²) in [6, 6.07) is 8.25. The number of piperazine rings is 1. The van der Waals surface area contributed by atoms with Crippen molar-refractivity contribution >= 4 is 23.2 Å². The third-order valence-electron chi connectivity index (χ3n) is 5.97. The number of halogens is 7. The van der Waals surface area contributed by atoms with Crippen LogP contribution in [-0.2, 0) is 17.1 Å². The fourth-order valence-corrected chi connectivity index (χ4v) is 4.33. The van der Waals surface area contributed by atoms with E-state index >= 15 is 0 Å². The average molecular weight is 477 g/mol. The molecule has 2 aromatic carbocycles. The molecule has 2 aliphatic rings. The van der Waals surface area contributed by atoms with E-state index in [-0.39, 0.29) is 54.6 Å². The van der Waals surface area contributed by atoms with Crippen molar-refractivity contribution in [2.24, 2.45) is 5.92 Å². The van der Waals surface area contributed by atoms with Crippen LogP contribution in [0, 0.1) is 5.92 Å². The van der Waals surface area contributed by atoms with Gasteiger partial charge in [0, 0.05) is 37.1 Å². The molecular formula is C22H19ClF6N2O. The number of anilines is 1. The van der Waals surface area contributed by atoms with Crippen LogP contribution >= 0.6 is 11.6 Å². The van der Waals surface area contributed by atoms with Crippen molar-refractivity contribution in [1.82, 2.24) is 4.90 Å². The Morgan fingerprint density at radius 2 is 1.50 bits per heavy atom. The van der Waals surface area contributed by atoms with Crippen LogP contribution in [0.4, 0.5) is 32.0 Å². The number of benzene rings is 2. The van der Waals surface area contributed by atoms with Crippen LogP contribution in [-0.4, -0.2) is 37.0 Å². The first-order valence-corrected chi connectivity index (χ1v) is 10.4. The van der Waals surface area contributed by atoms with Gasteiger partial charge >= 0.3 is 12.4 Å². The topological polar surface area (TPSA) is 23.6 Å². The minimum atomic E-state index is -4.52. The van der Waals surface area contributed by atoms with Crippen molar-refractivity contribution in [3.8, 4) is 0 Å². The van der Waals surface area contributed by atoms with Gasteiger partial charge in [-0.15, -0.1) is 0 Å². The summed E-state index contributed by atoms with van der Waals surface area (Å²) in [5.41, 5.74) is -0.832. The maximum atomic E-state index is 13.4. The summed E-state index contributed by atoms with van der Waals surface area (Å²) in [4.78, 5) is 16.0. The van der Waals surface area contributed by atoms with Gasteiger partial charge in [-0.05, 0) is 48.2 Å². The monoisotopic (exact) mass is 476 g/mol. The summed E-state index contributed by atoms with van der Waals surface area (Å²) in [6.45, 7) is 0.984. The number of amides is 1. The summed E-state index contributed by atoms with van der Waals surface area (Å²) in [5, 5.41) is 0.198. The lowest BCUT2D eigenvalue weighted by Crippen LogP contribution is -2.49. The van der Waals surface area contributed by atoms with Crippen molar-refractivity contribution in [2.75, 3.05) is 31.1 Å². The number of carbonyl (C=O) groups is 1. The highest BCUT2D eigenvalue weighted by Crippen LogP contribution is 2.49. The van der Waals surface area contributed by atoms with Crippen molar-refractivity contribution in [1.29, 1.82) is 0 Å². The summed E-state index contributed by atoms with van der Waals surface area (Å²) < 4.78 is 78.2. The summed E-state index contributed by atoms with van der Waals surface area (Å²) in [7, 11) is 0. The SMILES string of the molecule is O=C([C@@H]1C[C@@H]1c1ccc(C(F)(F)F)cc1)N1CCN(c2cc(Cl)ccc2C(F)(F)F)CC1. The Morgan fingerprint density at radius 1 is 0.875 bits per heavy atom. The Balaban J connectivity index is 1.38. The van der Waals surface area contributed by atoms with E-state index in [0.717, 1.165) is 18.2 Å². The Kier molecular flexibility index (Phi) is 5.81. The molecule has 0 bridgehead atoms. The van der Waals surface area contributed by atoms with E-state index in [4.69, 9.17) is 11.6 Å². The molecule has 172 valence electrons. The number of hydrogen-bond donors (Lipinski definition) is 0. The normalized spacial score (nSPS) is 21.6. The molecule has 0 unspecified atom stereocenters. The molecule has 0 aromatic heterocycles. The van der Waals surface area contributed by atoms with Crippen molar-refractivity contribution in [3.63, 3.8) is 0 Å². The molecule has 0 N–H and O–H groups in total. The van der Waals surface area contributed by atoms with E-state index in [0.29, 0.717) is 12.0 Å². The minimum Gasteiger partial charge on any atom is -0.367 e. The Bertz CT molecular complexity index is 997. The quantitative estimate of drug-likeness (QED) is 0.520. The maximum absolute atomic E-state index is 13.4. The molecular weight excluding hydrogens is 458 g/mol. The van der Waals surface area contributed by atoms with Gasteiger partial charge in [0.05, 0.1) is 16.8 Å². The fraction of sp³-hybridized carbons (Fsp3) is 0.409. The van der Waals surface area contributed by atoms with Crippen molar-refractivity contribution in [2.45, 2.75) is 24.7 Å². The van der Waals surface area contributed by atoms with Crippen LogP contribution in [0.2, 0.25) is 5.02 Å². The average Bonchev–Trinajstić information content (AvgIpc) is 3.53. The standard InChI is InChI=1S/C22H19ClF6N2O/c23-15-5-6-18(22(27,28)29)19(11-15)30-7-9-31(10-8-30)20(32)17-12-16(17)13-1-3-14(4-2-13)21(24,25)26/h1-6,11,16-17H,7-10,12H2/t16-,17-/m1/s1. The second kappa shape index (κ2) is 8.17. The second-order valence-electron chi connectivity index (χ2n) is 8.04. The Hall–Kier alpha value is -2.42. The molecule has 1 aliphatic heterocycles. The summed E-state index contributed by atoms with van der Waals surface area (Å²) >= 11 is 5.90. The number of hydrogen-bond acceptors (Lipinski definition) is 2. The van der Waals surface area contributed by atoms with Crippen LogP contribution < -0.4 is 4.90 Å². The first-order chi connectivity index (χ1) is 14.9. The third kappa shape index (κ3) is 4.67. The molecule has 0 radical (unpaired) electrons. The van der Waals surface area contributed by atoms with Crippen LogP contribution in [0.15, 0.2) is 42.5 Å². The Morgan fingerprint density at radius 3 is 2.06 bits per heavy atom. The molecule has 1 saturated heterocycles. The van der Waals surface area contributed by atoms with E-state index in [1.165, 1.54) is 24.3 Å². The van der Waals surface area contributed by atoms with E-state index in [1.54, 1.807) is 9.80 Å². The van der Waals surface area contributed by atoms with Crippen LogP contribution in [0.3, 0.4) is 0 Å². The highest BCUT2D eigenvalue weighted by molar-refractivity contribution is 6.30. The summed E-state index contributed by atoms with van der Waals surface area (Å²) in [6.07, 6.45) is -8.38. The predicted octanol–water partition coefficient (Wildman–Crippen LogP) is 5.83. The first kappa shape index (κ1) is 22.8.